The van der Waals surface area contributed by atoms with Crippen LogP contribution in [0.1, 0.15) is 5.56 Å². The van der Waals surface area contributed by atoms with E-state index in [9.17, 15) is 0 Å². The van der Waals surface area contributed by atoms with Crippen molar-refractivity contribution in [1.82, 2.24) is 11.5 Å². The molecular weight excluding hydrogens is 112 g/mol. The molecule has 9 heavy (non-hydrogen) atoms. The lowest BCUT2D eigenvalue weighted by Gasteiger charge is -1.98. The average molecular weight is 120 g/mol. The predicted octanol–water partition coefficient (Wildman–Crippen LogP) is 1.82. The van der Waals surface area contributed by atoms with Crippen LogP contribution in [0.3, 0.4) is 0 Å². The maximum atomic E-state index is 7.24. The Bertz CT molecular complexity index is 198. The van der Waals surface area contributed by atoms with Crippen LogP contribution in [0, 0.1) is 6.92 Å². The minimum absolute atomic E-state index is 0.447. The number of hydrogen-bond donors (Lipinski definition) is 0. The monoisotopic (exact) mass is 120 g/mol. The average Bonchev–Trinajstić information content (AvgIpc) is 1.83. The summed E-state index contributed by atoms with van der Waals surface area (Å²) in [6, 6.07) is 5.10. The topological polar surface area (TPSA) is 47.6 Å². The van der Waals surface area contributed by atoms with Crippen LogP contribution in [0.15, 0.2) is 18.2 Å². The molecule has 1 aromatic carbocycles. The van der Waals surface area contributed by atoms with E-state index in [0.29, 0.717) is 11.4 Å². The van der Waals surface area contributed by atoms with E-state index < -0.39 is 0 Å². The molecule has 2 radical (unpaired) electrons. The van der Waals surface area contributed by atoms with Crippen molar-refractivity contribution in [2.24, 2.45) is 0 Å². The molecule has 2 heteroatoms. The summed E-state index contributed by atoms with van der Waals surface area (Å²) >= 11 is 0. The molecule has 2 nitrogen and oxygen atoms in total. The zero-order valence-electron chi connectivity index (χ0n) is 5.23. The van der Waals surface area contributed by atoms with Gasteiger partial charge in [0.15, 0.2) is 0 Å². The minimum atomic E-state index is 0.447. The Morgan fingerprint density at radius 3 is 1.89 bits per heavy atom. The summed E-state index contributed by atoms with van der Waals surface area (Å²) in [6.45, 7) is 1.78. The fourth-order valence-electron chi connectivity index (χ4n) is 0.636. The van der Waals surface area contributed by atoms with E-state index in [4.69, 9.17) is 11.5 Å². The summed E-state index contributed by atoms with van der Waals surface area (Å²) in [5, 5.41) is 0. The first kappa shape index (κ1) is 5.95. The molecule has 2 N–H and O–H groups in total. The third-order valence-electron chi connectivity index (χ3n) is 1.33. The highest BCUT2D eigenvalue weighted by molar-refractivity contribution is 5.56. The lowest BCUT2D eigenvalue weighted by molar-refractivity contribution is 1.33. The van der Waals surface area contributed by atoms with Crippen molar-refractivity contribution in [2.75, 3.05) is 0 Å². The third-order valence-corrected chi connectivity index (χ3v) is 1.33. The molecule has 0 aromatic heterocycles. The normalized spacial score (nSPS) is 9.44. The zero-order chi connectivity index (χ0) is 6.85. The summed E-state index contributed by atoms with van der Waals surface area (Å²) in [6.07, 6.45) is 0. The SMILES string of the molecule is Cc1c([NH])cccc1[NH]. The lowest BCUT2D eigenvalue weighted by Crippen LogP contribution is -1.79. The summed E-state index contributed by atoms with van der Waals surface area (Å²) in [4.78, 5) is 0. The van der Waals surface area contributed by atoms with E-state index in [0.717, 1.165) is 5.56 Å². The Morgan fingerprint density at radius 1 is 1.11 bits per heavy atom. The van der Waals surface area contributed by atoms with Gasteiger partial charge in [-0.3, -0.25) is 0 Å². The molecule has 0 heterocycles. The van der Waals surface area contributed by atoms with Crippen LogP contribution in [0.25, 0.3) is 0 Å². The largest absolute Gasteiger partial charge is 0.301 e. The van der Waals surface area contributed by atoms with Crippen molar-refractivity contribution in [1.29, 1.82) is 0 Å². The van der Waals surface area contributed by atoms with Crippen LogP contribution in [0.5, 0.6) is 0 Å². The first-order chi connectivity index (χ1) is 4.22. The first-order valence-corrected chi connectivity index (χ1v) is 2.74. The van der Waals surface area contributed by atoms with E-state index in [1.807, 2.05) is 0 Å². The first-order valence-electron chi connectivity index (χ1n) is 2.74. The van der Waals surface area contributed by atoms with Gasteiger partial charge in [-0.1, -0.05) is 6.07 Å². The van der Waals surface area contributed by atoms with E-state index in [1.165, 1.54) is 0 Å². The van der Waals surface area contributed by atoms with Gasteiger partial charge in [-0.15, -0.1) is 0 Å². The standard InChI is InChI=1S/C7H8N2/c1-5-6(8)3-2-4-7(5)9/h2-4,8-9H,1H3. The molecule has 0 aliphatic heterocycles. The Kier molecular flexibility index (Phi) is 1.30. The molecule has 0 atom stereocenters. The third kappa shape index (κ3) is 0.964. The van der Waals surface area contributed by atoms with Gasteiger partial charge in [0.1, 0.15) is 0 Å². The van der Waals surface area contributed by atoms with Crippen LogP contribution in [0.2, 0.25) is 0 Å². The summed E-state index contributed by atoms with van der Waals surface area (Å²) in [5.41, 5.74) is 16.1. The molecule has 0 bridgehead atoms. The highest BCUT2D eigenvalue weighted by atomic mass is 14.6. The molecule has 0 aliphatic rings. The second kappa shape index (κ2) is 1.97. The molecule has 1 rings (SSSR count). The molecule has 0 spiro atoms. The van der Waals surface area contributed by atoms with Crippen LogP contribution >= 0.6 is 0 Å². The van der Waals surface area contributed by atoms with E-state index in [1.54, 1.807) is 25.1 Å². The van der Waals surface area contributed by atoms with Crippen LogP contribution in [-0.2, 0) is 0 Å². The quantitative estimate of drug-likeness (QED) is 0.501. The lowest BCUT2D eigenvalue weighted by atomic mass is 10.2. The Labute approximate surface area is 54.5 Å². The molecule has 46 valence electrons. The minimum Gasteiger partial charge on any atom is -0.301 e. The smallest absolute Gasteiger partial charge is 0.0590 e. The maximum Gasteiger partial charge on any atom is 0.0590 e. The molecule has 0 saturated heterocycles. The van der Waals surface area contributed by atoms with Crippen LogP contribution in [-0.4, -0.2) is 0 Å². The van der Waals surface area contributed by atoms with Gasteiger partial charge in [-0.25, -0.2) is 0 Å². The zero-order valence-corrected chi connectivity index (χ0v) is 5.23. The van der Waals surface area contributed by atoms with Crippen LogP contribution < -0.4 is 11.5 Å². The fourth-order valence-corrected chi connectivity index (χ4v) is 0.636. The molecule has 0 aliphatic carbocycles. The van der Waals surface area contributed by atoms with E-state index >= 15 is 0 Å². The summed E-state index contributed by atoms with van der Waals surface area (Å²) in [5.74, 6) is 0. The highest BCUT2D eigenvalue weighted by Gasteiger charge is 1.95. The second-order valence-corrected chi connectivity index (χ2v) is 1.98. The fraction of sp³-hybridized carbons (Fsp3) is 0.143. The van der Waals surface area contributed by atoms with Crippen molar-refractivity contribution in [2.45, 2.75) is 6.92 Å². The molecule has 0 fully saturated rings. The number of hydrogen-bond acceptors (Lipinski definition) is 0. The van der Waals surface area contributed by atoms with Crippen molar-refractivity contribution in [3.63, 3.8) is 0 Å². The molecule has 0 saturated carbocycles. The maximum absolute atomic E-state index is 7.24. The van der Waals surface area contributed by atoms with Crippen molar-refractivity contribution in [3.05, 3.63) is 23.8 Å². The van der Waals surface area contributed by atoms with Crippen LogP contribution in [0.4, 0.5) is 11.4 Å². The van der Waals surface area contributed by atoms with Gasteiger partial charge in [0, 0.05) is 0 Å². The van der Waals surface area contributed by atoms with Crippen molar-refractivity contribution >= 4 is 11.4 Å². The molecule has 0 unspecified atom stereocenters. The van der Waals surface area contributed by atoms with E-state index in [2.05, 4.69) is 0 Å². The summed E-state index contributed by atoms with van der Waals surface area (Å²) in [7, 11) is 0. The van der Waals surface area contributed by atoms with Gasteiger partial charge in [0.2, 0.25) is 0 Å². The summed E-state index contributed by atoms with van der Waals surface area (Å²) < 4.78 is 0. The van der Waals surface area contributed by atoms with Gasteiger partial charge >= 0.3 is 0 Å². The molecular formula is C7H8N2. The number of rotatable bonds is 0. The Balaban J connectivity index is 3.25. The number of nitrogens with one attached hydrogen (secondary N) is 2. The van der Waals surface area contributed by atoms with Gasteiger partial charge < -0.3 is 11.5 Å². The molecule has 0 amide bonds. The second-order valence-electron chi connectivity index (χ2n) is 1.98. The van der Waals surface area contributed by atoms with Gasteiger partial charge in [-0.05, 0) is 24.6 Å². The highest BCUT2D eigenvalue weighted by Crippen LogP contribution is 2.18. The molecule has 1 aromatic rings. The van der Waals surface area contributed by atoms with Gasteiger partial charge in [-0.2, -0.15) is 0 Å². The Hall–Kier alpha value is -1.18. The number of benzene rings is 1. The Morgan fingerprint density at radius 2 is 1.56 bits per heavy atom. The van der Waals surface area contributed by atoms with Gasteiger partial charge in [0.05, 0.1) is 11.4 Å². The van der Waals surface area contributed by atoms with Crippen molar-refractivity contribution < 1.29 is 0 Å². The van der Waals surface area contributed by atoms with Crippen molar-refractivity contribution in [3.8, 4) is 0 Å². The van der Waals surface area contributed by atoms with E-state index in [-0.39, 0.29) is 0 Å². The predicted molar refractivity (Wildman–Crippen MR) is 36.7 cm³/mol. The van der Waals surface area contributed by atoms with Gasteiger partial charge in [0.25, 0.3) is 0 Å².